The minimum atomic E-state index is -1.36. The number of anilines is 2. The Morgan fingerprint density at radius 3 is 2.65 bits per heavy atom. The highest BCUT2D eigenvalue weighted by molar-refractivity contribution is 5.94. The van der Waals surface area contributed by atoms with Crippen LogP contribution in [0.5, 0.6) is 0 Å². The number of carboxylic acids is 1. The number of amides is 1. The number of carbonyl (C=O) groups is 2. The first kappa shape index (κ1) is 23.4. The van der Waals surface area contributed by atoms with E-state index in [2.05, 4.69) is 20.4 Å². The molecule has 0 unspecified atom stereocenters. The van der Waals surface area contributed by atoms with Crippen molar-refractivity contribution in [3.63, 3.8) is 0 Å². The summed E-state index contributed by atoms with van der Waals surface area (Å²) in [4.78, 5) is 29.5. The number of hydrogen-bond acceptors (Lipinski definition) is 7. The highest BCUT2D eigenvalue weighted by Crippen LogP contribution is 2.36. The number of halogens is 1. The molecule has 0 spiro atoms. The first-order valence-corrected chi connectivity index (χ1v) is 10.9. The molecule has 1 saturated carbocycles. The third-order valence-electron chi connectivity index (χ3n) is 5.52. The van der Waals surface area contributed by atoms with Crippen molar-refractivity contribution in [1.29, 1.82) is 0 Å². The topological polar surface area (TPSA) is 118 Å². The maximum Gasteiger partial charge on any atom is 0.338 e. The number of nitrogens with one attached hydrogen (secondary N) is 1. The van der Waals surface area contributed by atoms with E-state index in [-0.39, 0.29) is 23.2 Å². The predicted molar refractivity (Wildman–Crippen MR) is 123 cm³/mol. The maximum atomic E-state index is 14.1. The number of aromatic nitrogens is 2. The average molecular weight is 468 g/mol. The van der Waals surface area contributed by atoms with E-state index < -0.39 is 17.3 Å². The summed E-state index contributed by atoms with van der Waals surface area (Å²) in [7, 11) is 1.65. The van der Waals surface area contributed by atoms with Crippen LogP contribution >= 0.6 is 0 Å². The molecule has 34 heavy (non-hydrogen) atoms. The average Bonchev–Trinajstić information content (AvgIpc) is 3.47. The van der Waals surface area contributed by atoms with Gasteiger partial charge >= 0.3 is 5.97 Å². The van der Waals surface area contributed by atoms with E-state index in [1.807, 2.05) is 12.1 Å². The monoisotopic (exact) mass is 468 g/mol. The first-order valence-electron chi connectivity index (χ1n) is 10.9. The lowest BCUT2D eigenvalue weighted by molar-refractivity contribution is -0.114. The molecule has 9 nitrogen and oxygen atoms in total. The molecule has 0 saturated heterocycles. The molecule has 1 aliphatic rings. The summed E-state index contributed by atoms with van der Waals surface area (Å²) in [6, 6.07) is 9.09. The lowest BCUT2D eigenvalue weighted by Crippen LogP contribution is -2.30. The second kappa shape index (κ2) is 10.0. The van der Waals surface area contributed by atoms with Gasteiger partial charge in [-0.05, 0) is 55.2 Å². The lowest BCUT2D eigenvalue weighted by atomic mass is 10.1. The minimum absolute atomic E-state index is 0.117. The van der Waals surface area contributed by atoms with Crippen LogP contribution < -0.4 is 10.2 Å². The Morgan fingerprint density at radius 1 is 1.24 bits per heavy atom. The van der Waals surface area contributed by atoms with Crippen molar-refractivity contribution < 1.29 is 28.3 Å². The van der Waals surface area contributed by atoms with Gasteiger partial charge in [-0.3, -0.25) is 4.79 Å². The number of methoxy groups -OCH3 is 1. The number of aromatic carboxylic acids is 1. The quantitative estimate of drug-likeness (QED) is 0.457. The molecule has 0 aliphatic heterocycles. The summed E-state index contributed by atoms with van der Waals surface area (Å²) in [5.74, 6) is -1.53. The van der Waals surface area contributed by atoms with E-state index >= 15 is 0 Å². The number of nitrogens with zero attached hydrogens (tertiary/aromatic N) is 3. The van der Waals surface area contributed by atoms with Crippen molar-refractivity contribution in [1.82, 2.24) is 10.1 Å². The molecule has 1 heterocycles. The zero-order chi connectivity index (χ0) is 24.2. The van der Waals surface area contributed by atoms with Gasteiger partial charge < -0.3 is 24.6 Å². The maximum absolute atomic E-state index is 14.1. The van der Waals surface area contributed by atoms with Crippen LogP contribution in [0.15, 0.2) is 40.9 Å². The third kappa shape index (κ3) is 5.40. The number of ether oxygens (including phenoxy) is 1. The van der Waals surface area contributed by atoms with E-state index in [0.717, 1.165) is 24.4 Å². The fourth-order valence-corrected chi connectivity index (χ4v) is 3.64. The van der Waals surface area contributed by atoms with Crippen molar-refractivity contribution in [2.75, 3.05) is 37.0 Å². The number of carbonyl (C=O) groups excluding carboxylic acids is 1. The van der Waals surface area contributed by atoms with Gasteiger partial charge in [-0.15, -0.1) is 0 Å². The normalized spacial score (nSPS) is 13.0. The van der Waals surface area contributed by atoms with Crippen LogP contribution in [0.25, 0.3) is 22.8 Å². The SMILES string of the molecule is COCCN(CC1CC1)c1ccc(-c2nc(-c3ccc(C(=O)O)c(F)c3)no2)cc1NC(C)=O. The van der Waals surface area contributed by atoms with Crippen LogP contribution in [0.4, 0.5) is 15.8 Å². The Hall–Kier alpha value is -3.79. The molecule has 2 N–H and O–H groups in total. The van der Waals surface area contributed by atoms with Gasteiger partial charge in [-0.1, -0.05) is 5.16 Å². The molecule has 0 bridgehead atoms. The van der Waals surface area contributed by atoms with E-state index in [9.17, 15) is 14.0 Å². The Labute approximate surface area is 195 Å². The lowest BCUT2D eigenvalue weighted by Gasteiger charge is -2.27. The van der Waals surface area contributed by atoms with Gasteiger partial charge in [0.2, 0.25) is 11.7 Å². The van der Waals surface area contributed by atoms with Crippen molar-refractivity contribution in [3.05, 3.63) is 47.8 Å². The Bertz CT molecular complexity index is 1210. The van der Waals surface area contributed by atoms with E-state index in [1.54, 1.807) is 13.2 Å². The van der Waals surface area contributed by atoms with Gasteiger partial charge in [0.1, 0.15) is 5.82 Å². The minimum Gasteiger partial charge on any atom is -0.478 e. The van der Waals surface area contributed by atoms with E-state index in [1.165, 1.54) is 25.8 Å². The predicted octanol–water partition coefficient (Wildman–Crippen LogP) is 4.06. The largest absolute Gasteiger partial charge is 0.478 e. The van der Waals surface area contributed by atoms with Gasteiger partial charge in [0.05, 0.1) is 23.5 Å². The standard InChI is InChI=1S/C24H25FN4O5/c1-14(30)26-20-12-17(6-8-21(20)29(9-10-33-2)13-15-3-4-15)23-27-22(28-34-23)16-5-7-18(24(31)32)19(25)11-16/h5-8,11-12,15H,3-4,9-10,13H2,1-2H3,(H,26,30)(H,31,32). The molecule has 0 radical (unpaired) electrons. The molecule has 1 fully saturated rings. The molecule has 4 rings (SSSR count). The Balaban J connectivity index is 1.64. The fourth-order valence-electron chi connectivity index (χ4n) is 3.64. The number of rotatable bonds is 10. The summed E-state index contributed by atoms with van der Waals surface area (Å²) < 4.78 is 24.7. The number of benzene rings is 2. The van der Waals surface area contributed by atoms with Gasteiger partial charge in [-0.25, -0.2) is 9.18 Å². The summed E-state index contributed by atoms with van der Waals surface area (Å²) in [6.45, 7) is 3.55. The van der Waals surface area contributed by atoms with Gasteiger partial charge in [-0.2, -0.15) is 4.98 Å². The molecule has 1 amide bonds. The van der Waals surface area contributed by atoms with Crippen LogP contribution in [0.2, 0.25) is 0 Å². The van der Waals surface area contributed by atoms with E-state index in [0.29, 0.717) is 30.3 Å². The van der Waals surface area contributed by atoms with Crippen molar-refractivity contribution in [2.45, 2.75) is 19.8 Å². The second-order valence-corrected chi connectivity index (χ2v) is 8.22. The highest BCUT2D eigenvalue weighted by Gasteiger charge is 2.26. The molecule has 0 atom stereocenters. The molecule has 3 aromatic rings. The van der Waals surface area contributed by atoms with Crippen molar-refractivity contribution >= 4 is 23.3 Å². The van der Waals surface area contributed by atoms with Crippen molar-refractivity contribution in [3.8, 4) is 22.8 Å². The smallest absolute Gasteiger partial charge is 0.338 e. The molecule has 10 heteroatoms. The van der Waals surface area contributed by atoms with Crippen LogP contribution in [-0.2, 0) is 9.53 Å². The van der Waals surface area contributed by atoms with Crippen LogP contribution in [0.3, 0.4) is 0 Å². The number of carboxylic acid groups (broad SMARTS) is 1. The van der Waals surface area contributed by atoms with Crippen LogP contribution in [0.1, 0.15) is 30.1 Å². The summed E-state index contributed by atoms with van der Waals surface area (Å²) >= 11 is 0. The van der Waals surface area contributed by atoms with Crippen LogP contribution in [-0.4, -0.2) is 53.9 Å². The van der Waals surface area contributed by atoms with Gasteiger partial charge in [0.15, 0.2) is 0 Å². The molecular formula is C24H25FN4O5. The second-order valence-electron chi connectivity index (χ2n) is 8.22. The zero-order valence-corrected chi connectivity index (χ0v) is 18.9. The Kier molecular flexibility index (Phi) is 6.87. The third-order valence-corrected chi connectivity index (χ3v) is 5.52. The number of hydrogen-bond donors (Lipinski definition) is 2. The molecular weight excluding hydrogens is 443 g/mol. The molecule has 1 aromatic heterocycles. The summed E-state index contributed by atoms with van der Waals surface area (Å²) in [5.41, 5.74) is 1.90. The van der Waals surface area contributed by atoms with Gasteiger partial charge in [0.25, 0.3) is 5.89 Å². The highest BCUT2D eigenvalue weighted by atomic mass is 19.1. The summed E-state index contributed by atoms with van der Waals surface area (Å²) in [5, 5.41) is 15.8. The van der Waals surface area contributed by atoms with Crippen molar-refractivity contribution in [2.24, 2.45) is 5.92 Å². The van der Waals surface area contributed by atoms with Crippen LogP contribution in [0, 0.1) is 11.7 Å². The van der Waals surface area contributed by atoms with E-state index in [4.69, 9.17) is 14.4 Å². The fraction of sp³-hybridized carbons (Fsp3) is 0.333. The van der Waals surface area contributed by atoms with Gasteiger partial charge in [0, 0.05) is 38.2 Å². The molecule has 178 valence electrons. The molecule has 1 aliphatic carbocycles. The molecule has 2 aromatic carbocycles. The summed E-state index contributed by atoms with van der Waals surface area (Å²) in [6.07, 6.45) is 2.38. The Morgan fingerprint density at radius 2 is 2.00 bits per heavy atom. The first-order chi connectivity index (χ1) is 16.4. The zero-order valence-electron chi connectivity index (χ0n) is 18.9.